The molecule has 0 amide bonds. The molecule has 1 aliphatic rings. The zero-order valence-electron chi connectivity index (χ0n) is 12.2. The molecule has 0 bridgehead atoms. The maximum Gasteiger partial charge on any atom is 0.308 e. The van der Waals surface area contributed by atoms with Gasteiger partial charge in [0.25, 0.3) is 5.92 Å². The molecule has 0 spiro atoms. The van der Waals surface area contributed by atoms with Gasteiger partial charge in [-0.1, -0.05) is 22.9 Å². The molecule has 124 valence electrons. The van der Waals surface area contributed by atoms with Crippen molar-refractivity contribution in [2.45, 2.75) is 18.9 Å². The van der Waals surface area contributed by atoms with Gasteiger partial charge >= 0.3 is 4.87 Å². The van der Waals surface area contributed by atoms with Crippen molar-refractivity contribution in [3.63, 3.8) is 0 Å². The highest BCUT2D eigenvalue weighted by Gasteiger charge is 2.56. The van der Waals surface area contributed by atoms with Gasteiger partial charge in [-0.15, -0.1) is 0 Å². The van der Waals surface area contributed by atoms with Gasteiger partial charge in [0, 0.05) is 31.1 Å². The molecule has 1 atom stereocenters. The Balaban J connectivity index is 1.65. The van der Waals surface area contributed by atoms with E-state index in [2.05, 4.69) is 4.98 Å². The van der Waals surface area contributed by atoms with Crippen LogP contribution in [-0.2, 0) is 6.54 Å². The van der Waals surface area contributed by atoms with E-state index in [1.807, 2.05) is 0 Å². The lowest BCUT2D eigenvalue weighted by Crippen LogP contribution is -2.15. The van der Waals surface area contributed by atoms with Crippen LogP contribution in [0.25, 0.3) is 10.2 Å². The van der Waals surface area contributed by atoms with Crippen molar-refractivity contribution in [2.24, 2.45) is 5.92 Å². The molecular formula is C16H11ClF2N2O2S. The molecule has 24 heavy (non-hydrogen) atoms. The minimum absolute atomic E-state index is 0.0398. The fraction of sp³-hybridized carbons (Fsp3) is 0.250. The molecule has 4 rings (SSSR count). The van der Waals surface area contributed by atoms with Crippen LogP contribution in [-0.4, -0.2) is 15.5 Å². The van der Waals surface area contributed by atoms with Crippen molar-refractivity contribution in [1.82, 2.24) is 9.55 Å². The predicted octanol–water partition coefficient (Wildman–Crippen LogP) is 4.56. The van der Waals surface area contributed by atoms with E-state index in [0.29, 0.717) is 21.0 Å². The molecule has 0 aliphatic heterocycles. The Morgan fingerprint density at radius 1 is 1.42 bits per heavy atom. The Kier molecular flexibility index (Phi) is 3.58. The maximum absolute atomic E-state index is 13.1. The molecule has 2 heterocycles. The Bertz CT molecular complexity index is 986. The number of rotatable bonds is 4. The number of hydrogen-bond acceptors (Lipinski definition) is 4. The van der Waals surface area contributed by atoms with Gasteiger partial charge in [-0.2, -0.15) is 0 Å². The van der Waals surface area contributed by atoms with Crippen molar-refractivity contribution >= 4 is 33.2 Å². The first kappa shape index (κ1) is 15.5. The summed E-state index contributed by atoms with van der Waals surface area (Å²) in [6.45, 7) is 0.0398. The number of aromatic nitrogens is 2. The van der Waals surface area contributed by atoms with Gasteiger partial charge in [0.05, 0.1) is 10.2 Å². The second-order valence-electron chi connectivity index (χ2n) is 5.66. The predicted molar refractivity (Wildman–Crippen MR) is 88.5 cm³/mol. The number of pyridine rings is 1. The third-order valence-electron chi connectivity index (χ3n) is 3.94. The van der Waals surface area contributed by atoms with Gasteiger partial charge in [0.2, 0.25) is 5.88 Å². The molecular weight excluding hydrogens is 358 g/mol. The molecule has 0 radical (unpaired) electrons. The topological polar surface area (TPSA) is 44.1 Å². The van der Waals surface area contributed by atoms with Crippen LogP contribution in [0.2, 0.25) is 5.02 Å². The third kappa shape index (κ3) is 2.78. The first-order valence-corrected chi connectivity index (χ1v) is 8.43. The van der Waals surface area contributed by atoms with E-state index in [4.69, 9.17) is 16.3 Å². The molecule has 1 unspecified atom stereocenters. The van der Waals surface area contributed by atoms with E-state index >= 15 is 0 Å². The molecule has 3 aromatic rings. The number of alkyl halides is 2. The van der Waals surface area contributed by atoms with Crippen LogP contribution < -0.4 is 9.61 Å². The van der Waals surface area contributed by atoms with Crippen LogP contribution in [0.5, 0.6) is 11.6 Å². The molecule has 1 fully saturated rings. The molecule has 1 saturated carbocycles. The number of thiazole rings is 1. The molecule has 0 saturated heterocycles. The zero-order valence-corrected chi connectivity index (χ0v) is 13.8. The van der Waals surface area contributed by atoms with E-state index in [9.17, 15) is 13.6 Å². The molecule has 4 nitrogen and oxygen atoms in total. The van der Waals surface area contributed by atoms with Gasteiger partial charge in [0.15, 0.2) is 0 Å². The first-order valence-electron chi connectivity index (χ1n) is 7.23. The summed E-state index contributed by atoms with van der Waals surface area (Å²) in [5.74, 6) is -2.65. The summed E-state index contributed by atoms with van der Waals surface area (Å²) in [6.07, 6.45) is 1.40. The zero-order chi connectivity index (χ0) is 16.9. The van der Waals surface area contributed by atoms with Gasteiger partial charge in [-0.05, 0) is 24.3 Å². The maximum atomic E-state index is 13.1. The van der Waals surface area contributed by atoms with Crippen molar-refractivity contribution < 1.29 is 13.5 Å². The van der Waals surface area contributed by atoms with E-state index in [-0.39, 0.29) is 23.7 Å². The average Bonchev–Trinajstić information content (AvgIpc) is 3.01. The molecule has 0 N–H and O–H groups in total. The van der Waals surface area contributed by atoms with E-state index < -0.39 is 11.8 Å². The van der Waals surface area contributed by atoms with Crippen LogP contribution in [0, 0.1) is 5.92 Å². The van der Waals surface area contributed by atoms with E-state index in [1.165, 1.54) is 4.57 Å². The highest BCUT2D eigenvalue weighted by Crippen LogP contribution is 2.49. The Hall–Kier alpha value is -1.99. The van der Waals surface area contributed by atoms with Crippen molar-refractivity contribution in [1.29, 1.82) is 0 Å². The number of fused-ring (bicyclic) bond motifs is 1. The summed E-state index contributed by atoms with van der Waals surface area (Å²) in [5.41, 5.74) is 0.632. The Morgan fingerprint density at radius 2 is 2.21 bits per heavy atom. The van der Waals surface area contributed by atoms with Crippen LogP contribution in [0.4, 0.5) is 8.78 Å². The van der Waals surface area contributed by atoms with Crippen molar-refractivity contribution in [3.8, 4) is 11.6 Å². The minimum Gasteiger partial charge on any atom is -0.437 e. The average molecular weight is 369 g/mol. The van der Waals surface area contributed by atoms with Crippen LogP contribution in [0.3, 0.4) is 0 Å². The van der Waals surface area contributed by atoms with Gasteiger partial charge in [-0.3, -0.25) is 9.36 Å². The largest absolute Gasteiger partial charge is 0.437 e. The quantitative estimate of drug-likeness (QED) is 0.678. The summed E-state index contributed by atoms with van der Waals surface area (Å²) >= 11 is 7.01. The van der Waals surface area contributed by atoms with Gasteiger partial charge in [0.1, 0.15) is 10.8 Å². The summed E-state index contributed by atoms with van der Waals surface area (Å²) < 4.78 is 33.9. The number of benzene rings is 1. The van der Waals surface area contributed by atoms with Crippen molar-refractivity contribution in [3.05, 3.63) is 51.2 Å². The minimum atomic E-state index is -2.65. The smallest absolute Gasteiger partial charge is 0.308 e. The summed E-state index contributed by atoms with van der Waals surface area (Å²) in [5, 5.41) is 0.374. The van der Waals surface area contributed by atoms with Crippen LogP contribution >= 0.6 is 22.9 Å². The standard InChI is InChI=1S/C16H11ClF2N2O2S/c17-11-2-1-5-20-14(11)23-10-3-4-12-13(6-10)24-15(22)21(12)8-9-7-16(9,18)19/h1-6,9H,7-8H2. The molecule has 8 heteroatoms. The van der Waals surface area contributed by atoms with Crippen molar-refractivity contribution in [2.75, 3.05) is 0 Å². The van der Waals surface area contributed by atoms with Gasteiger partial charge < -0.3 is 4.74 Å². The monoisotopic (exact) mass is 368 g/mol. The Morgan fingerprint density at radius 3 is 2.92 bits per heavy atom. The van der Waals surface area contributed by atoms with E-state index in [1.54, 1.807) is 36.5 Å². The number of halogens is 3. The summed E-state index contributed by atoms with van der Waals surface area (Å²) in [7, 11) is 0. The molecule has 2 aromatic heterocycles. The summed E-state index contributed by atoms with van der Waals surface area (Å²) in [4.78, 5) is 15.9. The fourth-order valence-corrected chi connectivity index (χ4v) is 3.62. The molecule has 1 aromatic carbocycles. The number of ether oxygens (including phenoxy) is 1. The van der Waals surface area contributed by atoms with Gasteiger partial charge in [-0.25, -0.2) is 13.8 Å². The fourth-order valence-electron chi connectivity index (χ4n) is 2.53. The van der Waals surface area contributed by atoms with Crippen LogP contribution in [0.15, 0.2) is 41.3 Å². The molecule has 1 aliphatic carbocycles. The SMILES string of the molecule is O=c1sc2cc(Oc3ncccc3Cl)ccc2n1CC1CC1(F)F. The first-order chi connectivity index (χ1) is 11.4. The lowest BCUT2D eigenvalue weighted by molar-refractivity contribution is 0.0953. The number of hydrogen-bond donors (Lipinski definition) is 0. The Labute approximate surface area is 144 Å². The van der Waals surface area contributed by atoms with E-state index in [0.717, 1.165) is 11.3 Å². The highest BCUT2D eigenvalue weighted by atomic mass is 35.5. The number of nitrogens with zero attached hydrogens (tertiary/aromatic N) is 2. The summed E-state index contributed by atoms with van der Waals surface area (Å²) in [6, 6.07) is 8.40. The second kappa shape index (κ2) is 5.53. The van der Waals surface area contributed by atoms with Crippen LogP contribution in [0.1, 0.15) is 6.42 Å². The lowest BCUT2D eigenvalue weighted by Gasteiger charge is -2.07. The second-order valence-corrected chi connectivity index (χ2v) is 7.06. The normalized spacial score (nSPS) is 18.7. The lowest BCUT2D eigenvalue weighted by atomic mass is 10.3. The highest BCUT2D eigenvalue weighted by molar-refractivity contribution is 7.16. The third-order valence-corrected chi connectivity index (χ3v) is 5.17.